The van der Waals surface area contributed by atoms with Gasteiger partial charge in [-0.15, -0.1) is 0 Å². The van der Waals surface area contributed by atoms with E-state index in [1.165, 1.54) is 18.2 Å². The summed E-state index contributed by atoms with van der Waals surface area (Å²) >= 11 is 0. The topological polar surface area (TPSA) is 75.4 Å². The van der Waals surface area contributed by atoms with Crippen LogP contribution in [0.1, 0.15) is 31.2 Å². The number of alkyl halides is 3. The summed E-state index contributed by atoms with van der Waals surface area (Å²) < 4.78 is 41.3. The number of halogens is 3. The van der Waals surface area contributed by atoms with E-state index >= 15 is 0 Å². The minimum Gasteiger partial charge on any atom is -0.549 e. The Labute approximate surface area is 119 Å². The lowest BCUT2D eigenvalue weighted by molar-refractivity contribution is -0.313. The van der Waals surface area contributed by atoms with Crippen molar-refractivity contribution in [3.63, 3.8) is 0 Å². The summed E-state index contributed by atoms with van der Waals surface area (Å²) in [6, 6.07) is 4.16. The monoisotopic (exact) mass is 302 g/mol. The lowest BCUT2D eigenvalue weighted by Gasteiger charge is -2.31. The summed E-state index contributed by atoms with van der Waals surface area (Å²) in [6.07, 6.45) is -2.22. The zero-order valence-electron chi connectivity index (χ0n) is 11.2. The first kappa shape index (κ1) is 15.5. The van der Waals surface area contributed by atoms with Gasteiger partial charge in [0.05, 0.1) is 11.7 Å². The van der Waals surface area contributed by atoms with Crippen molar-refractivity contribution in [1.82, 2.24) is 0 Å². The molecular weight excluding hydrogens is 287 g/mol. The van der Waals surface area contributed by atoms with Gasteiger partial charge >= 0.3 is 6.18 Å². The van der Waals surface area contributed by atoms with E-state index in [2.05, 4.69) is 4.74 Å². The standard InChI is InChI=1S/C14H16F3NO3/c15-14(16,17)8-21-11-7-9(3-4-10(11)18)13(12(19)20)5-1-2-6-13/h3-4,7H,1-2,5-6,8,18H2,(H,19,20)/p-1. The molecule has 0 unspecified atom stereocenters. The largest absolute Gasteiger partial charge is 0.549 e. The number of benzene rings is 1. The van der Waals surface area contributed by atoms with E-state index in [4.69, 9.17) is 5.73 Å². The average molecular weight is 302 g/mol. The van der Waals surface area contributed by atoms with Crippen LogP contribution < -0.4 is 15.6 Å². The predicted molar refractivity (Wildman–Crippen MR) is 67.6 cm³/mol. The van der Waals surface area contributed by atoms with Crippen molar-refractivity contribution < 1.29 is 27.8 Å². The zero-order valence-corrected chi connectivity index (χ0v) is 11.2. The molecule has 1 aromatic carbocycles. The first-order valence-corrected chi connectivity index (χ1v) is 6.56. The van der Waals surface area contributed by atoms with E-state index in [-0.39, 0.29) is 11.4 Å². The van der Waals surface area contributed by atoms with Crippen LogP contribution in [0.2, 0.25) is 0 Å². The molecule has 21 heavy (non-hydrogen) atoms. The van der Waals surface area contributed by atoms with E-state index in [1.54, 1.807) is 0 Å². The molecule has 1 aliphatic rings. The number of ether oxygens (including phenoxy) is 1. The van der Waals surface area contributed by atoms with Gasteiger partial charge in [-0.1, -0.05) is 18.9 Å². The minimum absolute atomic E-state index is 0.0366. The highest BCUT2D eigenvalue weighted by atomic mass is 19.4. The van der Waals surface area contributed by atoms with Crippen molar-refractivity contribution in [3.05, 3.63) is 23.8 Å². The number of nitrogens with two attached hydrogens (primary N) is 1. The van der Waals surface area contributed by atoms with Crippen LogP contribution in [-0.2, 0) is 10.2 Å². The second kappa shape index (κ2) is 5.46. The molecule has 0 heterocycles. The number of aliphatic carboxylic acids is 1. The lowest BCUT2D eigenvalue weighted by atomic mass is 9.79. The third-order valence-electron chi connectivity index (χ3n) is 3.81. The van der Waals surface area contributed by atoms with Gasteiger partial charge in [-0.2, -0.15) is 13.2 Å². The zero-order chi connectivity index (χ0) is 15.7. The highest BCUT2D eigenvalue weighted by Gasteiger charge is 2.37. The Morgan fingerprint density at radius 3 is 2.48 bits per heavy atom. The van der Waals surface area contributed by atoms with Crippen LogP contribution in [-0.4, -0.2) is 18.8 Å². The SMILES string of the molecule is Nc1ccc(C2(C(=O)[O-])CCCC2)cc1OCC(F)(F)F. The smallest absolute Gasteiger partial charge is 0.422 e. The number of carbonyl (C=O) groups is 1. The van der Waals surface area contributed by atoms with Crippen LogP contribution in [0.5, 0.6) is 5.75 Å². The fraction of sp³-hybridized carbons (Fsp3) is 0.500. The third kappa shape index (κ3) is 3.22. The van der Waals surface area contributed by atoms with Crippen molar-refractivity contribution in [2.75, 3.05) is 12.3 Å². The number of nitrogen functional groups attached to an aromatic ring is 1. The van der Waals surface area contributed by atoms with Gasteiger partial charge in [-0.25, -0.2) is 0 Å². The summed E-state index contributed by atoms with van der Waals surface area (Å²) in [5.41, 5.74) is 4.84. The fourth-order valence-electron chi connectivity index (χ4n) is 2.71. The molecule has 2 rings (SSSR count). The molecule has 4 nitrogen and oxygen atoms in total. The van der Waals surface area contributed by atoms with E-state index in [9.17, 15) is 23.1 Å². The third-order valence-corrected chi connectivity index (χ3v) is 3.81. The Bertz CT molecular complexity index is 537. The molecule has 1 fully saturated rings. The summed E-state index contributed by atoms with van der Waals surface area (Å²) in [5, 5.41) is 11.5. The van der Waals surface area contributed by atoms with Crippen molar-refractivity contribution in [1.29, 1.82) is 0 Å². The molecule has 0 radical (unpaired) electrons. The van der Waals surface area contributed by atoms with E-state index in [0.29, 0.717) is 18.4 Å². The van der Waals surface area contributed by atoms with Crippen LogP contribution in [0, 0.1) is 0 Å². The van der Waals surface area contributed by atoms with Crippen LogP contribution in [0.25, 0.3) is 0 Å². The molecule has 1 aliphatic carbocycles. The molecule has 116 valence electrons. The second-order valence-electron chi connectivity index (χ2n) is 5.23. The van der Waals surface area contributed by atoms with E-state index < -0.39 is 24.2 Å². The number of hydrogen-bond acceptors (Lipinski definition) is 4. The summed E-state index contributed by atoms with van der Waals surface area (Å²) in [5.74, 6) is -1.37. The van der Waals surface area contributed by atoms with Crippen molar-refractivity contribution in [2.24, 2.45) is 0 Å². The van der Waals surface area contributed by atoms with Gasteiger partial charge in [0.1, 0.15) is 5.75 Å². The van der Waals surface area contributed by atoms with Gasteiger partial charge < -0.3 is 20.4 Å². The minimum atomic E-state index is -4.48. The van der Waals surface area contributed by atoms with Crippen LogP contribution in [0.15, 0.2) is 18.2 Å². The van der Waals surface area contributed by atoms with Gasteiger partial charge in [0.2, 0.25) is 0 Å². The molecule has 0 aliphatic heterocycles. The molecule has 7 heteroatoms. The fourth-order valence-corrected chi connectivity index (χ4v) is 2.71. The molecule has 1 aromatic rings. The summed E-state index contributed by atoms with van der Waals surface area (Å²) in [7, 11) is 0. The molecule has 0 bridgehead atoms. The number of carboxylic acids is 1. The van der Waals surface area contributed by atoms with Gasteiger partial charge in [0, 0.05) is 5.41 Å². The number of carbonyl (C=O) groups excluding carboxylic acids is 1. The van der Waals surface area contributed by atoms with E-state index in [1.807, 2.05) is 0 Å². The quantitative estimate of drug-likeness (QED) is 0.860. The molecule has 1 saturated carbocycles. The molecule has 0 atom stereocenters. The second-order valence-corrected chi connectivity index (χ2v) is 5.23. The number of anilines is 1. The molecule has 0 spiro atoms. The van der Waals surface area contributed by atoms with Gasteiger partial charge in [-0.05, 0) is 30.5 Å². The van der Waals surface area contributed by atoms with Crippen molar-refractivity contribution in [3.8, 4) is 5.75 Å². The number of hydrogen-bond donors (Lipinski definition) is 1. The first-order chi connectivity index (χ1) is 9.74. The maximum absolute atomic E-state index is 12.2. The van der Waals surface area contributed by atoms with E-state index in [0.717, 1.165) is 12.8 Å². The van der Waals surface area contributed by atoms with Gasteiger partial charge in [0.15, 0.2) is 6.61 Å². The predicted octanol–water partition coefficient (Wildman–Crippen LogP) is 1.77. The Morgan fingerprint density at radius 1 is 1.33 bits per heavy atom. The Balaban J connectivity index is 2.31. The highest BCUT2D eigenvalue weighted by molar-refractivity contribution is 5.80. The van der Waals surface area contributed by atoms with Crippen molar-refractivity contribution >= 4 is 11.7 Å². The Kier molecular flexibility index (Phi) is 4.02. The molecular formula is C14H15F3NO3-. The van der Waals surface area contributed by atoms with Crippen LogP contribution >= 0.6 is 0 Å². The average Bonchev–Trinajstić information content (AvgIpc) is 2.87. The number of rotatable bonds is 4. The van der Waals surface area contributed by atoms with Gasteiger partial charge in [-0.3, -0.25) is 0 Å². The maximum atomic E-state index is 12.2. The highest BCUT2D eigenvalue weighted by Crippen LogP contribution is 2.42. The molecule has 0 aromatic heterocycles. The lowest BCUT2D eigenvalue weighted by Crippen LogP contribution is -2.44. The number of carboxylic acid groups (broad SMARTS) is 1. The van der Waals surface area contributed by atoms with Crippen LogP contribution in [0.3, 0.4) is 0 Å². The summed E-state index contributed by atoms with van der Waals surface area (Å²) in [4.78, 5) is 11.5. The molecule has 0 saturated heterocycles. The first-order valence-electron chi connectivity index (χ1n) is 6.56. The molecule has 2 N–H and O–H groups in total. The van der Waals surface area contributed by atoms with Crippen LogP contribution in [0.4, 0.5) is 18.9 Å². The molecule has 0 amide bonds. The Morgan fingerprint density at radius 2 is 1.95 bits per heavy atom. The summed E-state index contributed by atoms with van der Waals surface area (Å²) in [6.45, 7) is -1.47. The normalized spacial score (nSPS) is 17.7. The maximum Gasteiger partial charge on any atom is 0.422 e. The van der Waals surface area contributed by atoms with Crippen molar-refractivity contribution in [2.45, 2.75) is 37.3 Å². The Hall–Kier alpha value is -1.92. The van der Waals surface area contributed by atoms with Gasteiger partial charge in [0.25, 0.3) is 0 Å².